The van der Waals surface area contributed by atoms with E-state index in [2.05, 4.69) is 32.3 Å². The number of hydrogen-bond acceptors (Lipinski definition) is 5. The van der Waals surface area contributed by atoms with E-state index in [9.17, 15) is 5.11 Å². The highest BCUT2D eigenvalue weighted by Crippen LogP contribution is 2.26. The highest BCUT2D eigenvalue weighted by atomic mass is 16.3. The minimum absolute atomic E-state index is 0.411. The van der Waals surface area contributed by atoms with Gasteiger partial charge in [-0.3, -0.25) is 0 Å². The number of nitrogens with one attached hydrogen (secondary N) is 1. The number of aromatic nitrogens is 2. The lowest BCUT2D eigenvalue weighted by molar-refractivity contribution is 0.199. The number of benzene rings is 1. The molecule has 5 heteroatoms. The molecule has 1 aliphatic heterocycles. The Bertz CT molecular complexity index is 684. The molecule has 1 aromatic heterocycles. The van der Waals surface area contributed by atoms with Crippen molar-refractivity contribution in [3.63, 3.8) is 0 Å². The first-order chi connectivity index (χ1) is 10.6. The van der Waals surface area contributed by atoms with E-state index < -0.39 is 6.10 Å². The lowest BCUT2D eigenvalue weighted by Crippen LogP contribution is -2.31. The summed E-state index contributed by atoms with van der Waals surface area (Å²) >= 11 is 0. The number of aliphatic hydroxyl groups excluding tert-OH is 1. The van der Waals surface area contributed by atoms with Crippen LogP contribution in [0.1, 0.15) is 35.5 Å². The summed E-state index contributed by atoms with van der Waals surface area (Å²) in [6.07, 6.45) is 0.555. The van der Waals surface area contributed by atoms with Crippen LogP contribution < -0.4 is 10.2 Å². The molecule has 1 atom stereocenters. The van der Waals surface area contributed by atoms with Gasteiger partial charge in [-0.05, 0) is 37.0 Å². The Balaban J connectivity index is 1.87. The second-order valence-corrected chi connectivity index (χ2v) is 5.78. The first kappa shape index (κ1) is 14.8. The molecule has 1 aliphatic rings. The van der Waals surface area contributed by atoms with Crippen molar-refractivity contribution in [2.75, 3.05) is 23.8 Å². The van der Waals surface area contributed by atoms with Crippen LogP contribution in [0.3, 0.4) is 0 Å². The zero-order valence-corrected chi connectivity index (χ0v) is 13.3. The number of aliphatic hydroxyl groups is 1. The molecule has 0 spiro atoms. The van der Waals surface area contributed by atoms with Gasteiger partial charge in [-0.25, -0.2) is 9.97 Å². The highest BCUT2D eigenvalue weighted by molar-refractivity contribution is 5.51. The van der Waals surface area contributed by atoms with Gasteiger partial charge < -0.3 is 15.3 Å². The molecule has 2 heterocycles. The molecule has 0 radical (unpaired) electrons. The third kappa shape index (κ3) is 2.90. The molecule has 0 amide bonds. The van der Waals surface area contributed by atoms with Crippen LogP contribution in [0, 0.1) is 6.92 Å². The second-order valence-electron chi connectivity index (χ2n) is 5.78. The van der Waals surface area contributed by atoms with Gasteiger partial charge in [0.15, 0.2) is 0 Å². The average Bonchev–Trinajstić information content (AvgIpc) is 2.53. The fraction of sp³-hybridized carbons (Fsp3) is 0.412. The smallest absolute Gasteiger partial charge is 0.134 e. The summed E-state index contributed by atoms with van der Waals surface area (Å²) in [6, 6.07) is 8.25. The molecule has 1 aromatic carbocycles. The fourth-order valence-electron chi connectivity index (χ4n) is 2.87. The maximum Gasteiger partial charge on any atom is 0.134 e. The number of fused-ring (bicyclic) bond motifs is 1. The SMILES string of the molecule is CNc1cc(N2CCc3cc([C@H](C)O)ccc3C2)nc(C)n1. The van der Waals surface area contributed by atoms with Crippen molar-refractivity contribution in [2.24, 2.45) is 0 Å². The van der Waals surface area contributed by atoms with Crippen LogP contribution in [0.4, 0.5) is 11.6 Å². The molecule has 0 unspecified atom stereocenters. The molecule has 0 aliphatic carbocycles. The average molecular weight is 298 g/mol. The van der Waals surface area contributed by atoms with Gasteiger partial charge in [0.2, 0.25) is 0 Å². The molecule has 0 bridgehead atoms. The molecule has 22 heavy (non-hydrogen) atoms. The Morgan fingerprint density at radius 1 is 1.23 bits per heavy atom. The lowest BCUT2D eigenvalue weighted by atomic mass is 9.96. The molecule has 3 rings (SSSR count). The fourth-order valence-corrected chi connectivity index (χ4v) is 2.87. The van der Waals surface area contributed by atoms with E-state index in [4.69, 9.17) is 0 Å². The van der Waals surface area contributed by atoms with Crippen molar-refractivity contribution in [1.82, 2.24) is 9.97 Å². The van der Waals surface area contributed by atoms with Gasteiger partial charge in [0.05, 0.1) is 6.10 Å². The molecule has 2 N–H and O–H groups in total. The van der Waals surface area contributed by atoms with Crippen LogP contribution >= 0.6 is 0 Å². The molecule has 0 saturated heterocycles. The zero-order chi connectivity index (χ0) is 15.7. The molecule has 5 nitrogen and oxygen atoms in total. The topological polar surface area (TPSA) is 61.3 Å². The summed E-state index contributed by atoms with van der Waals surface area (Å²) in [5.74, 6) is 2.58. The summed E-state index contributed by atoms with van der Waals surface area (Å²) in [5.41, 5.74) is 3.62. The van der Waals surface area contributed by atoms with Gasteiger partial charge in [-0.2, -0.15) is 0 Å². The van der Waals surface area contributed by atoms with Crippen LogP contribution in [0.25, 0.3) is 0 Å². The van der Waals surface area contributed by atoms with Crippen molar-refractivity contribution < 1.29 is 5.11 Å². The van der Waals surface area contributed by atoms with Gasteiger partial charge in [0, 0.05) is 26.2 Å². The van der Waals surface area contributed by atoms with Gasteiger partial charge in [-0.15, -0.1) is 0 Å². The molecular weight excluding hydrogens is 276 g/mol. The highest BCUT2D eigenvalue weighted by Gasteiger charge is 2.19. The lowest BCUT2D eigenvalue weighted by Gasteiger charge is -2.30. The Morgan fingerprint density at radius 3 is 2.77 bits per heavy atom. The first-order valence-corrected chi connectivity index (χ1v) is 7.65. The Hall–Kier alpha value is -2.14. The predicted octanol–water partition coefficient (Wildman–Crippen LogP) is 2.44. The van der Waals surface area contributed by atoms with Crippen LogP contribution in [-0.4, -0.2) is 28.7 Å². The zero-order valence-electron chi connectivity index (χ0n) is 13.3. The number of rotatable bonds is 3. The van der Waals surface area contributed by atoms with Crippen molar-refractivity contribution in [3.05, 3.63) is 46.8 Å². The largest absolute Gasteiger partial charge is 0.389 e. The maximum absolute atomic E-state index is 9.71. The van der Waals surface area contributed by atoms with Crippen molar-refractivity contribution in [2.45, 2.75) is 32.9 Å². The Kier molecular flexibility index (Phi) is 3.98. The number of hydrogen-bond donors (Lipinski definition) is 2. The van der Waals surface area contributed by atoms with Crippen LogP contribution in [0.15, 0.2) is 24.3 Å². The van der Waals surface area contributed by atoms with E-state index in [1.807, 2.05) is 26.1 Å². The maximum atomic E-state index is 9.71. The minimum atomic E-state index is -0.411. The summed E-state index contributed by atoms with van der Waals surface area (Å²) in [5, 5.41) is 12.8. The molecule has 0 saturated carbocycles. The standard InChI is InChI=1S/C17H22N4O/c1-11(22)13-4-5-15-10-21(7-6-14(15)8-13)17-9-16(18-3)19-12(2)20-17/h4-5,8-9,11,22H,6-7,10H2,1-3H3,(H,18,19,20)/t11-/m0/s1. The van der Waals surface area contributed by atoms with Gasteiger partial charge >= 0.3 is 0 Å². The number of anilines is 2. The van der Waals surface area contributed by atoms with Crippen LogP contribution in [0.5, 0.6) is 0 Å². The summed E-state index contributed by atoms with van der Waals surface area (Å²) in [7, 11) is 1.87. The predicted molar refractivity (Wildman–Crippen MR) is 88.1 cm³/mol. The number of aryl methyl sites for hydroxylation is 1. The van der Waals surface area contributed by atoms with Crippen molar-refractivity contribution in [1.29, 1.82) is 0 Å². The van der Waals surface area contributed by atoms with E-state index in [0.29, 0.717) is 0 Å². The van der Waals surface area contributed by atoms with E-state index >= 15 is 0 Å². The quantitative estimate of drug-likeness (QED) is 0.911. The molecule has 0 fully saturated rings. The Morgan fingerprint density at radius 2 is 2.05 bits per heavy atom. The van der Waals surface area contributed by atoms with E-state index in [1.165, 1.54) is 11.1 Å². The minimum Gasteiger partial charge on any atom is -0.389 e. The summed E-state index contributed by atoms with van der Waals surface area (Å²) in [4.78, 5) is 11.2. The molecule has 116 valence electrons. The van der Waals surface area contributed by atoms with E-state index in [-0.39, 0.29) is 0 Å². The number of nitrogens with zero attached hydrogens (tertiary/aromatic N) is 3. The van der Waals surface area contributed by atoms with E-state index in [0.717, 1.165) is 42.5 Å². The second kappa shape index (κ2) is 5.93. The molecular formula is C17H22N4O. The third-order valence-electron chi connectivity index (χ3n) is 4.13. The van der Waals surface area contributed by atoms with Gasteiger partial charge in [0.25, 0.3) is 0 Å². The van der Waals surface area contributed by atoms with Crippen LogP contribution in [-0.2, 0) is 13.0 Å². The van der Waals surface area contributed by atoms with Crippen LogP contribution in [0.2, 0.25) is 0 Å². The summed E-state index contributed by atoms with van der Waals surface area (Å²) in [6.45, 7) is 5.49. The molecule has 2 aromatic rings. The van der Waals surface area contributed by atoms with Gasteiger partial charge in [-0.1, -0.05) is 18.2 Å². The monoisotopic (exact) mass is 298 g/mol. The Labute approximate surface area is 131 Å². The third-order valence-corrected chi connectivity index (χ3v) is 4.13. The van der Waals surface area contributed by atoms with Crippen molar-refractivity contribution >= 4 is 11.6 Å². The van der Waals surface area contributed by atoms with Crippen molar-refractivity contribution in [3.8, 4) is 0 Å². The van der Waals surface area contributed by atoms with E-state index in [1.54, 1.807) is 6.92 Å². The van der Waals surface area contributed by atoms with Gasteiger partial charge in [0.1, 0.15) is 17.5 Å². The summed E-state index contributed by atoms with van der Waals surface area (Å²) < 4.78 is 0. The normalized spacial score (nSPS) is 15.4. The first-order valence-electron chi connectivity index (χ1n) is 7.65.